The third-order valence-electron chi connectivity index (χ3n) is 11.3. The molecule has 0 fully saturated rings. The zero-order valence-corrected chi connectivity index (χ0v) is 30.5. The fourth-order valence-corrected chi connectivity index (χ4v) is 8.69. The molecule has 0 saturated carbocycles. The Kier molecular flexibility index (Phi) is 7.17. The van der Waals surface area contributed by atoms with Crippen molar-refractivity contribution in [3.63, 3.8) is 0 Å². The SMILES string of the molecule is C=C/C=C\c1c(/C=C\C(=C)c2nc(-c3ccc4ccc5cccc6ccc3c4c56)nc(-c3ccc4ccc5cccc6ccc3c4c56)n2)ccc2ccccc12. The summed E-state index contributed by atoms with van der Waals surface area (Å²) >= 11 is 0. The van der Waals surface area contributed by atoms with Gasteiger partial charge in [-0.1, -0.05) is 177 Å². The topological polar surface area (TPSA) is 38.7 Å². The van der Waals surface area contributed by atoms with E-state index in [2.05, 4.69) is 171 Å². The Morgan fingerprint density at radius 1 is 0.429 bits per heavy atom. The monoisotopic (exact) mass is 711 g/mol. The van der Waals surface area contributed by atoms with Gasteiger partial charge >= 0.3 is 0 Å². The van der Waals surface area contributed by atoms with E-state index in [-0.39, 0.29) is 0 Å². The van der Waals surface area contributed by atoms with E-state index in [0.29, 0.717) is 23.0 Å². The highest BCUT2D eigenvalue weighted by Gasteiger charge is 2.19. The summed E-state index contributed by atoms with van der Waals surface area (Å²) in [6.45, 7) is 8.46. The highest BCUT2D eigenvalue weighted by atomic mass is 15.0. The van der Waals surface area contributed by atoms with Crippen molar-refractivity contribution in [2.45, 2.75) is 0 Å². The van der Waals surface area contributed by atoms with Crippen molar-refractivity contribution in [1.82, 2.24) is 15.0 Å². The molecule has 3 heteroatoms. The quantitative estimate of drug-likeness (QED) is 0.122. The van der Waals surface area contributed by atoms with Crippen LogP contribution in [0.1, 0.15) is 17.0 Å². The van der Waals surface area contributed by atoms with Gasteiger partial charge in [0.05, 0.1) is 0 Å². The van der Waals surface area contributed by atoms with Gasteiger partial charge < -0.3 is 0 Å². The summed E-state index contributed by atoms with van der Waals surface area (Å²) < 4.78 is 0. The maximum Gasteiger partial charge on any atom is 0.164 e. The number of allylic oxidation sites excluding steroid dienone is 4. The molecular weight excluding hydrogens is 679 g/mol. The lowest BCUT2D eigenvalue weighted by Gasteiger charge is -2.16. The first kappa shape index (κ1) is 32.0. The lowest BCUT2D eigenvalue weighted by Crippen LogP contribution is -2.03. The van der Waals surface area contributed by atoms with Crippen LogP contribution in [0.3, 0.4) is 0 Å². The first-order valence-electron chi connectivity index (χ1n) is 18.9. The fraction of sp³-hybridized carbons (Fsp3) is 0. The van der Waals surface area contributed by atoms with Gasteiger partial charge in [-0.3, -0.25) is 0 Å². The third-order valence-corrected chi connectivity index (χ3v) is 11.3. The summed E-state index contributed by atoms with van der Waals surface area (Å²) in [4.78, 5) is 15.7. The molecule has 260 valence electrons. The van der Waals surface area contributed by atoms with Crippen LogP contribution in [0.4, 0.5) is 0 Å². The maximum atomic E-state index is 5.32. The van der Waals surface area contributed by atoms with Gasteiger partial charge in [0.15, 0.2) is 17.5 Å². The summed E-state index contributed by atoms with van der Waals surface area (Å²) in [5.41, 5.74) is 4.79. The molecule has 0 aliphatic rings. The molecule has 0 bridgehead atoms. The highest BCUT2D eigenvalue weighted by Crippen LogP contribution is 2.41. The molecular formula is C53H33N3. The molecule has 0 aliphatic carbocycles. The van der Waals surface area contributed by atoms with Gasteiger partial charge in [0.25, 0.3) is 0 Å². The standard InChI is InChI=1S/C53H33N3/c1-3-4-14-41-34(19-18-33-9-5-6-15-42(33)41)17-16-32(2)51-54-52(45-30-26-39-22-20-35-10-7-12-37-24-28-43(45)49(39)47(35)37)56-53(55-51)46-31-27-40-23-21-36-11-8-13-38-25-29-44(46)50(40)48(36)38/h3-31H,1-2H2/b14-4-,17-16-. The minimum Gasteiger partial charge on any atom is -0.208 e. The Morgan fingerprint density at radius 3 is 1.48 bits per heavy atom. The number of benzene rings is 10. The number of aromatic nitrogens is 3. The van der Waals surface area contributed by atoms with E-state index in [4.69, 9.17) is 15.0 Å². The first-order chi connectivity index (χ1) is 27.6. The number of hydrogen-bond acceptors (Lipinski definition) is 3. The number of rotatable bonds is 7. The summed E-state index contributed by atoms with van der Waals surface area (Å²) in [6, 6.07) is 52.1. The predicted octanol–water partition coefficient (Wildman–Crippen LogP) is 14.1. The molecule has 0 unspecified atom stereocenters. The van der Waals surface area contributed by atoms with E-state index in [0.717, 1.165) is 33.0 Å². The van der Waals surface area contributed by atoms with E-state index < -0.39 is 0 Å². The van der Waals surface area contributed by atoms with Gasteiger partial charge in [0.2, 0.25) is 0 Å². The minimum absolute atomic E-state index is 0.529. The molecule has 11 aromatic rings. The molecule has 3 nitrogen and oxygen atoms in total. The summed E-state index contributed by atoms with van der Waals surface area (Å²) in [5, 5.41) is 16.8. The van der Waals surface area contributed by atoms with E-state index in [1.165, 1.54) is 64.6 Å². The zero-order valence-electron chi connectivity index (χ0n) is 30.5. The van der Waals surface area contributed by atoms with Crippen molar-refractivity contribution >= 4 is 93.1 Å². The zero-order chi connectivity index (χ0) is 37.3. The largest absolute Gasteiger partial charge is 0.208 e. The van der Waals surface area contributed by atoms with E-state index in [9.17, 15) is 0 Å². The molecule has 0 N–H and O–H groups in total. The van der Waals surface area contributed by atoms with Crippen LogP contribution < -0.4 is 0 Å². The van der Waals surface area contributed by atoms with E-state index in [1.807, 2.05) is 12.2 Å². The summed E-state index contributed by atoms with van der Waals surface area (Å²) in [6.07, 6.45) is 10.0. The molecule has 0 saturated heterocycles. The van der Waals surface area contributed by atoms with Gasteiger partial charge in [-0.15, -0.1) is 0 Å². The van der Waals surface area contributed by atoms with Crippen LogP contribution in [0.15, 0.2) is 177 Å². The maximum absolute atomic E-state index is 5.32. The van der Waals surface area contributed by atoms with Crippen molar-refractivity contribution in [2.24, 2.45) is 0 Å². The molecule has 0 spiro atoms. The molecule has 1 heterocycles. The van der Waals surface area contributed by atoms with Gasteiger partial charge in [-0.05, 0) is 98.7 Å². The van der Waals surface area contributed by atoms with Crippen molar-refractivity contribution in [3.8, 4) is 22.8 Å². The molecule has 1 aromatic heterocycles. The second kappa shape index (κ2) is 12.5. The second-order valence-electron chi connectivity index (χ2n) is 14.5. The van der Waals surface area contributed by atoms with Crippen LogP contribution in [0.25, 0.3) is 116 Å². The number of hydrogen-bond donors (Lipinski definition) is 0. The van der Waals surface area contributed by atoms with Gasteiger partial charge in [0, 0.05) is 16.7 Å². The Bertz CT molecular complexity index is 3260. The van der Waals surface area contributed by atoms with Crippen LogP contribution in [0.2, 0.25) is 0 Å². The van der Waals surface area contributed by atoms with Crippen molar-refractivity contribution in [2.75, 3.05) is 0 Å². The minimum atomic E-state index is 0.529. The van der Waals surface area contributed by atoms with Crippen LogP contribution >= 0.6 is 0 Å². The lowest BCUT2D eigenvalue weighted by atomic mass is 9.91. The summed E-state index contributed by atoms with van der Waals surface area (Å²) in [5.74, 6) is 1.76. The fourth-order valence-electron chi connectivity index (χ4n) is 8.69. The first-order valence-corrected chi connectivity index (χ1v) is 18.9. The molecule has 10 aromatic carbocycles. The molecule has 56 heavy (non-hydrogen) atoms. The number of nitrogens with zero attached hydrogens (tertiary/aromatic N) is 3. The van der Waals surface area contributed by atoms with Crippen molar-refractivity contribution < 1.29 is 0 Å². The third kappa shape index (κ3) is 4.95. The van der Waals surface area contributed by atoms with E-state index in [1.54, 1.807) is 6.08 Å². The van der Waals surface area contributed by atoms with Crippen LogP contribution in [0.5, 0.6) is 0 Å². The van der Waals surface area contributed by atoms with Crippen LogP contribution in [-0.4, -0.2) is 15.0 Å². The Hall–Kier alpha value is -7.49. The average Bonchev–Trinajstić information content (AvgIpc) is 3.25. The smallest absolute Gasteiger partial charge is 0.164 e. The average molecular weight is 712 g/mol. The molecule has 11 rings (SSSR count). The highest BCUT2D eigenvalue weighted by molar-refractivity contribution is 6.26. The summed E-state index contributed by atoms with van der Waals surface area (Å²) in [7, 11) is 0. The van der Waals surface area contributed by atoms with Crippen molar-refractivity contribution in [1.29, 1.82) is 0 Å². The Balaban J connectivity index is 1.13. The predicted molar refractivity (Wildman–Crippen MR) is 239 cm³/mol. The normalized spacial score (nSPS) is 12.3. The van der Waals surface area contributed by atoms with Gasteiger partial charge in [-0.2, -0.15) is 0 Å². The molecule has 0 radical (unpaired) electrons. The van der Waals surface area contributed by atoms with Crippen LogP contribution in [-0.2, 0) is 0 Å². The molecule has 0 aliphatic heterocycles. The van der Waals surface area contributed by atoms with Gasteiger partial charge in [-0.25, -0.2) is 15.0 Å². The second-order valence-corrected chi connectivity index (χ2v) is 14.5. The molecule has 0 atom stereocenters. The van der Waals surface area contributed by atoms with E-state index >= 15 is 0 Å². The van der Waals surface area contributed by atoms with Crippen molar-refractivity contribution in [3.05, 3.63) is 194 Å². The van der Waals surface area contributed by atoms with Gasteiger partial charge in [0.1, 0.15) is 0 Å². The van der Waals surface area contributed by atoms with Crippen LogP contribution in [0, 0.1) is 0 Å². The Morgan fingerprint density at radius 2 is 0.911 bits per heavy atom. The number of fused-ring (bicyclic) bond motifs is 1. The lowest BCUT2D eigenvalue weighted by molar-refractivity contribution is 1.04. The molecule has 0 amide bonds. The Labute approximate surface area is 323 Å².